The molecule has 3 aromatic rings. The SMILES string of the molecule is COc1cc(/C=C/C(=O)Nc2ccccc2Cl)ccc1OCc1ccccc1Cl. The monoisotopic (exact) mass is 427 g/mol. The number of anilines is 1. The highest BCUT2D eigenvalue weighted by Crippen LogP contribution is 2.30. The van der Waals surface area contributed by atoms with Gasteiger partial charge in [0.05, 0.1) is 17.8 Å². The molecule has 29 heavy (non-hydrogen) atoms. The van der Waals surface area contributed by atoms with Crippen molar-refractivity contribution in [1.82, 2.24) is 0 Å². The molecule has 0 radical (unpaired) electrons. The van der Waals surface area contributed by atoms with Gasteiger partial charge in [-0.15, -0.1) is 0 Å². The normalized spacial score (nSPS) is 10.7. The molecule has 0 aliphatic rings. The minimum Gasteiger partial charge on any atom is -0.493 e. The average molecular weight is 428 g/mol. The van der Waals surface area contributed by atoms with Crippen LogP contribution >= 0.6 is 23.2 Å². The number of halogens is 2. The van der Waals surface area contributed by atoms with Gasteiger partial charge in [0, 0.05) is 16.7 Å². The lowest BCUT2D eigenvalue weighted by Gasteiger charge is -2.12. The van der Waals surface area contributed by atoms with E-state index in [2.05, 4.69) is 5.32 Å². The van der Waals surface area contributed by atoms with Gasteiger partial charge in [-0.3, -0.25) is 4.79 Å². The molecule has 0 aliphatic carbocycles. The number of nitrogens with one attached hydrogen (secondary N) is 1. The number of para-hydroxylation sites is 1. The molecule has 0 heterocycles. The van der Waals surface area contributed by atoms with Gasteiger partial charge in [-0.05, 0) is 42.0 Å². The van der Waals surface area contributed by atoms with Crippen molar-refractivity contribution in [3.8, 4) is 11.5 Å². The quantitative estimate of drug-likeness (QED) is 0.454. The van der Waals surface area contributed by atoms with Crippen LogP contribution in [0, 0.1) is 0 Å². The molecule has 3 aromatic carbocycles. The molecule has 1 amide bonds. The third-order valence-electron chi connectivity index (χ3n) is 4.09. The molecule has 4 nitrogen and oxygen atoms in total. The first kappa shape index (κ1) is 20.8. The molecule has 0 fully saturated rings. The van der Waals surface area contributed by atoms with Crippen molar-refractivity contribution < 1.29 is 14.3 Å². The fourth-order valence-electron chi connectivity index (χ4n) is 2.59. The van der Waals surface area contributed by atoms with Gasteiger partial charge in [0.25, 0.3) is 0 Å². The van der Waals surface area contributed by atoms with Crippen molar-refractivity contribution in [3.05, 3.63) is 94.0 Å². The van der Waals surface area contributed by atoms with Crippen LogP contribution in [-0.2, 0) is 11.4 Å². The van der Waals surface area contributed by atoms with E-state index in [1.807, 2.05) is 30.3 Å². The molecule has 0 atom stereocenters. The van der Waals surface area contributed by atoms with Crippen molar-refractivity contribution in [2.45, 2.75) is 6.61 Å². The Morgan fingerprint density at radius 3 is 2.41 bits per heavy atom. The van der Waals surface area contributed by atoms with Gasteiger partial charge in [0.15, 0.2) is 11.5 Å². The minimum atomic E-state index is -0.281. The van der Waals surface area contributed by atoms with Gasteiger partial charge in [0.2, 0.25) is 5.91 Å². The second-order valence-electron chi connectivity index (χ2n) is 6.09. The second kappa shape index (κ2) is 10.0. The van der Waals surface area contributed by atoms with Crippen LogP contribution in [0.3, 0.4) is 0 Å². The predicted molar refractivity (Wildman–Crippen MR) is 118 cm³/mol. The molecule has 0 aromatic heterocycles. The molecule has 0 unspecified atom stereocenters. The standard InChI is InChI=1S/C23H19Cl2NO3/c1-28-22-14-16(11-13-23(27)26-20-9-5-4-8-19(20)25)10-12-21(22)29-15-17-6-2-3-7-18(17)24/h2-14H,15H2,1H3,(H,26,27)/b13-11+. The third-order valence-corrected chi connectivity index (χ3v) is 4.79. The fourth-order valence-corrected chi connectivity index (χ4v) is 2.96. The number of methoxy groups -OCH3 is 1. The summed E-state index contributed by atoms with van der Waals surface area (Å²) in [5.41, 5.74) is 2.24. The molecule has 6 heteroatoms. The summed E-state index contributed by atoms with van der Waals surface area (Å²) in [6.07, 6.45) is 3.12. The lowest BCUT2D eigenvalue weighted by Crippen LogP contribution is -2.07. The number of ether oxygens (including phenoxy) is 2. The van der Waals surface area contributed by atoms with E-state index in [-0.39, 0.29) is 5.91 Å². The molecule has 1 N–H and O–H groups in total. The second-order valence-corrected chi connectivity index (χ2v) is 6.91. The predicted octanol–water partition coefficient (Wildman–Crippen LogP) is 6.23. The first-order chi connectivity index (χ1) is 14.1. The number of hydrogen-bond acceptors (Lipinski definition) is 3. The van der Waals surface area contributed by atoms with E-state index in [9.17, 15) is 4.79 Å². The maximum Gasteiger partial charge on any atom is 0.248 e. The summed E-state index contributed by atoms with van der Waals surface area (Å²) in [5.74, 6) is 0.868. The molecule has 148 valence electrons. The van der Waals surface area contributed by atoms with E-state index in [4.69, 9.17) is 32.7 Å². The van der Waals surface area contributed by atoms with Crippen molar-refractivity contribution in [2.75, 3.05) is 12.4 Å². The lowest BCUT2D eigenvalue weighted by molar-refractivity contribution is -0.111. The van der Waals surface area contributed by atoms with Gasteiger partial charge in [-0.1, -0.05) is 59.6 Å². The third kappa shape index (κ3) is 5.76. The minimum absolute atomic E-state index is 0.281. The van der Waals surface area contributed by atoms with Crippen LogP contribution in [-0.4, -0.2) is 13.0 Å². The van der Waals surface area contributed by atoms with E-state index >= 15 is 0 Å². The smallest absolute Gasteiger partial charge is 0.248 e. The Balaban J connectivity index is 1.66. The number of carbonyl (C=O) groups is 1. The largest absolute Gasteiger partial charge is 0.493 e. The zero-order valence-corrected chi connectivity index (χ0v) is 17.2. The Morgan fingerprint density at radius 2 is 1.69 bits per heavy atom. The van der Waals surface area contributed by atoms with E-state index < -0.39 is 0 Å². The summed E-state index contributed by atoms with van der Waals surface area (Å²) in [6, 6.07) is 20.0. The number of rotatable bonds is 7. The van der Waals surface area contributed by atoms with Crippen LogP contribution in [0.25, 0.3) is 6.08 Å². The highest BCUT2D eigenvalue weighted by atomic mass is 35.5. The average Bonchev–Trinajstić information content (AvgIpc) is 2.73. The highest BCUT2D eigenvalue weighted by Gasteiger charge is 2.07. The maximum absolute atomic E-state index is 12.1. The Bertz CT molecular complexity index is 1030. The highest BCUT2D eigenvalue weighted by molar-refractivity contribution is 6.33. The molecule has 0 spiro atoms. The van der Waals surface area contributed by atoms with Gasteiger partial charge in [-0.2, -0.15) is 0 Å². The molecular formula is C23H19Cl2NO3. The molecule has 3 rings (SSSR count). The van der Waals surface area contributed by atoms with E-state index in [0.29, 0.717) is 33.8 Å². The van der Waals surface area contributed by atoms with Crippen molar-refractivity contribution >= 4 is 40.9 Å². The molecule has 0 aliphatic heterocycles. The van der Waals surface area contributed by atoms with Crippen LogP contribution in [0.4, 0.5) is 5.69 Å². The van der Waals surface area contributed by atoms with Crippen molar-refractivity contribution in [2.24, 2.45) is 0 Å². The van der Waals surface area contributed by atoms with Crippen molar-refractivity contribution in [3.63, 3.8) is 0 Å². The summed E-state index contributed by atoms with van der Waals surface area (Å²) in [6.45, 7) is 0.325. The topological polar surface area (TPSA) is 47.6 Å². The zero-order chi connectivity index (χ0) is 20.6. The van der Waals surface area contributed by atoms with Crippen LogP contribution in [0.15, 0.2) is 72.8 Å². The number of hydrogen-bond donors (Lipinski definition) is 1. The van der Waals surface area contributed by atoms with Crippen LogP contribution in [0.1, 0.15) is 11.1 Å². The number of benzene rings is 3. The Morgan fingerprint density at radius 1 is 0.966 bits per heavy atom. The molecule has 0 saturated carbocycles. The first-order valence-electron chi connectivity index (χ1n) is 8.84. The lowest BCUT2D eigenvalue weighted by atomic mass is 10.2. The van der Waals surface area contributed by atoms with Crippen LogP contribution in [0.2, 0.25) is 10.0 Å². The fraction of sp³-hybridized carbons (Fsp3) is 0.0870. The summed E-state index contributed by atoms with van der Waals surface area (Å²) in [4.78, 5) is 12.1. The Labute approximate surface area is 179 Å². The Hall–Kier alpha value is -2.95. The summed E-state index contributed by atoms with van der Waals surface area (Å²) < 4.78 is 11.3. The van der Waals surface area contributed by atoms with E-state index in [0.717, 1.165) is 11.1 Å². The van der Waals surface area contributed by atoms with E-state index in [1.165, 1.54) is 6.08 Å². The van der Waals surface area contributed by atoms with Crippen molar-refractivity contribution in [1.29, 1.82) is 0 Å². The van der Waals surface area contributed by atoms with Gasteiger partial charge < -0.3 is 14.8 Å². The van der Waals surface area contributed by atoms with Gasteiger partial charge >= 0.3 is 0 Å². The van der Waals surface area contributed by atoms with Gasteiger partial charge in [-0.25, -0.2) is 0 Å². The zero-order valence-electron chi connectivity index (χ0n) is 15.7. The molecule has 0 bridgehead atoms. The molecular weight excluding hydrogens is 409 g/mol. The summed E-state index contributed by atoms with van der Waals surface area (Å²) in [7, 11) is 1.56. The first-order valence-corrected chi connectivity index (χ1v) is 9.60. The summed E-state index contributed by atoms with van der Waals surface area (Å²) >= 11 is 12.2. The Kier molecular flexibility index (Phi) is 7.17. The van der Waals surface area contributed by atoms with Gasteiger partial charge in [0.1, 0.15) is 6.61 Å². The maximum atomic E-state index is 12.1. The summed E-state index contributed by atoms with van der Waals surface area (Å²) in [5, 5.41) is 3.87. The van der Waals surface area contributed by atoms with Crippen LogP contribution < -0.4 is 14.8 Å². The number of amides is 1. The van der Waals surface area contributed by atoms with Crippen LogP contribution in [0.5, 0.6) is 11.5 Å². The molecule has 0 saturated heterocycles. The number of carbonyl (C=O) groups excluding carboxylic acids is 1. The van der Waals surface area contributed by atoms with E-state index in [1.54, 1.807) is 49.6 Å².